The summed E-state index contributed by atoms with van der Waals surface area (Å²) >= 11 is 0. The molecule has 0 radical (unpaired) electrons. The van der Waals surface area contributed by atoms with Crippen molar-refractivity contribution in [1.29, 1.82) is 0 Å². The first-order valence-electron chi connectivity index (χ1n) is 9.45. The normalized spacial score (nSPS) is 12.1. The molecule has 6 heteroatoms. The van der Waals surface area contributed by atoms with E-state index in [2.05, 4.69) is 16.9 Å². The summed E-state index contributed by atoms with van der Waals surface area (Å²) < 4.78 is 27.6. The first-order valence-corrected chi connectivity index (χ1v) is 10.8. The van der Waals surface area contributed by atoms with Crippen LogP contribution in [0.4, 0.5) is 10.2 Å². The number of anilines is 1. The van der Waals surface area contributed by atoms with Gasteiger partial charge in [0.2, 0.25) is 0 Å². The number of unbranched alkanes of at least 4 members (excludes halogenated alkanes) is 3. The van der Waals surface area contributed by atoms with Crippen molar-refractivity contribution in [2.24, 2.45) is 0 Å². The third kappa shape index (κ3) is 4.81. The van der Waals surface area contributed by atoms with Crippen LogP contribution in [0.3, 0.4) is 0 Å². The van der Waals surface area contributed by atoms with Crippen molar-refractivity contribution < 1.29 is 8.60 Å². The maximum atomic E-state index is 14.8. The van der Waals surface area contributed by atoms with Crippen molar-refractivity contribution in [1.82, 2.24) is 9.97 Å². The predicted molar refractivity (Wildman–Crippen MR) is 113 cm³/mol. The molecule has 1 unspecified atom stereocenters. The molecule has 0 aliphatic carbocycles. The maximum Gasteiger partial charge on any atom is 0.141 e. The van der Waals surface area contributed by atoms with Gasteiger partial charge in [0.25, 0.3) is 0 Å². The molecular weight excluding hydrogens is 373 g/mol. The Labute approximate surface area is 167 Å². The van der Waals surface area contributed by atoms with Gasteiger partial charge in [-0.15, -0.1) is 0 Å². The summed E-state index contributed by atoms with van der Waals surface area (Å²) in [5.74, 6) is 0.509. The predicted octanol–water partition coefficient (Wildman–Crippen LogP) is 5.22. The number of hydrogen-bond donors (Lipinski definition) is 1. The second kappa shape index (κ2) is 9.55. The van der Waals surface area contributed by atoms with Gasteiger partial charge in [-0.05, 0) is 35.7 Å². The van der Waals surface area contributed by atoms with E-state index < -0.39 is 16.6 Å². The smallest absolute Gasteiger partial charge is 0.141 e. The van der Waals surface area contributed by atoms with E-state index >= 15 is 0 Å². The second-order valence-corrected chi connectivity index (χ2v) is 8.17. The third-order valence-electron chi connectivity index (χ3n) is 4.54. The van der Waals surface area contributed by atoms with Gasteiger partial charge in [0.15, 0.2) is 0 Å². The van der Waals surface area contributed by atoms with Gasteiger partial charge in [0, 0.05) is 16.2 Å². The Bertz CT molecular complexity index is 960. The number of hydrogen-bond acceptors (Lipinski definition) is 4. The van der Waals surface area contributed by atoms with Gasteiger partial charge in [-0.25, -0.2) is 9.37 Å². The molecule has 1 aromatic heterocycles. The van der Waals surface area contributed by atoms with Crippen LogP contribution >= 0.6 is 0 Å². The molecule has 4 nitrogen and oxygen atoms in total. The molecule has 28 heavy (non-hydrogen) atoms. The average Bonchev–Trinajstić information content (AvgIpc) is 2.72. The lowest BCUT2D eigenvalue weighted by molar-refractivity contribution is 0.631. The zero-order valence-electron chi connectivity index (χ0n) is 15.9. The molecule has 3 aromatic rings. The molecule has 0 saturated heterocycles. The Balaban J connectivity index is 1.87. The topological polar surface area (TPSA) is 68.9 Å². The molecule has 146 valence electrons. The van der Waals surface area contributed by atoms with Gasteiger partial charge in [0.05, 0.1) is 28.9 Å². The summed E-state index contributed by atoms with van der Waals surface area (Å²) in [5, 5.41) is 0. The molecule has 0 spiro atoms. The summed E-state index contributed by atoms with van der Waals surface area (Å²) in [6.45, 7) is 2.15. The Morgan fingerprint density at radius 3 is 2.54 bits per heavy atom. The van der Waals surface area contributed by atoms with E-state index in [4.69, 9.17) is 5.73 Å². The number of nitrogens with zero attached hydrogens (tertiary/aromatic N) is 2. The van der Waals surface area contributed by atoms with Crippen molar-refractivity contribution >= 4 is 16.6 Å². The third-order valence-corrected chi connectivity index (χ3v) is 6.05. The molecule has 0 saturated carbocycles. The number of rotatable bonds is 8. The standard InChI is InChI=1S/C22H24FN3OS/c1-2-3-4-7-12-28(27)21-9-6-5-8-17(21)16-10-11-18(19(23)13-16)20-14-26-22(24)15-25-20/h5-6,8-11,13-15H,2-4,7,12H2,1H3,(H2,24,26). The fourth-order valence-electron chi connectivity index (χ4n) is 3.04. The summed E-state index contributed by atoms with van der Waals surface area (Å²) in [5.41, 5.74) is 7.81. The van der Waals surface area contributed by atoms with Gasteiger partial charge in [-0.1, -0.05) is 50.5 Å². The molecule has 1 atom stereocenters. The van der Waals surface area contributed by atoms with E-state index in [0.717, 1.165) is 36.1 Å². The quantitative estimate of drug-likeness (QED) is 0.529. The lowest BCUT2D eigenvalue weighted by Crippen LogP contribution is -2.01. The van der Waals surface area contributed by atoms with E-state index in [-0.39, 0.29) is 5.82 Å². The lowest BCUT2D eigenvalue weighted by Gasteiger charge is -2.11. The molecule has 0 bridgehead atoms. The number of halogens is 1. The lowest BCUT2D eigenvalue weighted by atomic mass is 10.0. The van der Waals surface area contributed by atoms with Crippen molar-refractivity contribution in [2.75, 3.05) is 11.5 Å². The zero-order chi connectivity index (χ0) is 19.9. The monoisotopic (exact) mass is 397 g/mol. The van der Waals surface area contributed by atoms with Crippen LogP contribution in [0.25, 0.3) is 22.4 Å². The summed E-state index contributed by atoms with van der Waals surface area (Å²) in [6, 6.07) is 12.5. The first-order chi connectivity index (χ1) is 13.6. The number of benzene rings is 2. The molecule has 0 aliphatic rings. The molecule has 2 N–H and O–H groups in total. The molecule has 0 amide bonds. The highest BCUT2D eigenvalue weighted by Gasteiger charge is 2.14. The highest BCUT2D eigenvalue weighted by molar-refractivity contribution is 7.85. The van der Waals surface area contributed by atoms with E-state index in [0.29, 0.717) is 22.6 Å². The van der Waals surface area contributed by atoms with Gasteiger partial charge in [-0.2, -0.15) is 0 Å². The molecule has 1 heterocycles. The summed E-state index contributed by atoms with van der Waals surface area (Å²) in [6.07, 6.45) is 7.16. The summed E-state index contributed by atoms with van der Waals surface area (Å²) in [7, 11) is -1.11. The van der Waals surface area contributed by atoms with E-state index in [9.17, 15) is 8.60 Å². The zero-order valence-corrected chi connectivity index (χ0v) is 16.7. The highest BCUT2D eigenvalue weighted by atomic mass is 32.2. The van der Waals surface area contributed by atoms with Gasteiger partial charge < -0.3 is 5.73 Å². The molecule has 3 rings (SSSR count). The van der Waals surface area contributed by atoms with Gasteiger partial charge >= 0.3 is 0 Å². The van der Waals surface area contributed by atoms with Crippen LogP contribution in [0.15, 0.2) is 59.8 Å². The molecule has 0 fully saturated rings. The highest BCUT2D eigenvalue weighted by Crippen LogP contribution is 2.30. The first kappa shape index (κ1) is 20.1. The number of aromatic nitrogens is 2. The second-order valence-electron chi connectivity index (χ2n) is 6.63. The fraction of sp³-hybridized carbons (Fsp3) is 0.273. The van der Waals surface area contributed by atoms with Crippen LogP contribution in [0.5, 0.6) is 0 Å². The van der Waals surface area contributed by atoms with Crippen molar-refractivity contribution in [3.05, 3.63) is 60.7 Å². The number of nitrogens with two attached hydrogens (primary N) is 1. The van der Waals surface area contributed by atoms with Gasteiger partial charge in [-0.3, -0.25) is 9.19 Å². The minimum atomic E-state index is -1.11. The summed E-state index contributed by atoms with van der Waals surface area (Å²) in [4.78, 5) is 8.84. The van der Waals surface area contributed by atoms with Crippen LogP contribution in [-0.4, -0.2) is 19.9 Å². The molecule has 2 aromatic carbocycles. The molecule has 0 aliphatic heterocycles. The Morgan fingerprint density at radius 1 is 1.00 bits per heavy atom. The van der Waals surface area contributed by atoms with Crippen molar-refractivity contribution in [3.63, 3.8) is 0 Å². The van der Waals surface area contributed by atoms with Crippen LogP contribution in [0, 0.1) is 5.82 Å². The fourth-order valence-corrected chi connectivity index (χ4v) is 4.39. The van der Waals surface area contributed by atoms with Crippen LogP contribution in [0.1, 0.15) is 32.6 Å². The Morgan fingerprint density at radius 2 is 1.82 bits per heavy atom. The van der Waals surface area contributed by atoms with E-state index in [1.807, 2.05) is 30.3 Å². The number of nitrogen functional groups attached to an aromatic ring is 1. The van der Waals surface area contributed by atoms with Crippen LogP contribution in [0.2, 0.25) is 0 Å². The van der Waals surface area contributed by atoms with Crippen LogP contribution in [-0.2, 0) is 10.8 Å². The van der Waals surface area contributed by atoms with Gasteiger partial charge in [0.1, 0.15) is 11.6 Å². The SMILES string of the molecule is CCCCCCS(=O)c1ccccc1-c1ccc(-c2cnc(N)cn2)c(F)c1. The van der Waals surface area contributed by atoms with E-state index in [1.165, 1.54) is 18.5 Å². The molecular formula is C22H24FN3OS. The largest absolute Gasteiger partial charge is 0.382 e. The van der Waals surface area contributed by atoms with E-state index in [1.54, 1.807) is 6.07 Å². The minimum absolute atomic E-state index is 0.288. The average molecular weight is 398 g/mol. The Kier molecular flexibility index (Phi) is 6.87. The van der Waals surface area contributed by atoms with Crippen LogP contribution < -0.4 is 5.73 Å². The Hall–Kier alpha value is -2.60. The maximum absolute atomic E-state index is 14.8. The minimum Gasteiger partial charge on any atom is -0.382 e. The van der Waals surface area contributed by atoms with Crippen molar-refractivity contribution in [3.8, 4) is 22.4 Å². The van der Waals surface area contributed by atoms with Crippen molar-refractivity contribution in [2.45, 2.75) is 37.5 Å².